The minimum atomic E-state index is -2.53. The molecule has 148 valence electrons. The fourth-order valence-electron chi connectivity index (χ4n) is 3.06. The fourth-order valence-corrected chi connectivity index (χ4v) is 4.36. The van der Waals surface area contributed by atoms with Crippen LogP contribution in [-0.2, 0) is 0 Å². The summed E-state index contributed by atoms with van der Waals surface area (Å²) < 4.78 is 29.5. The minimum absolute atomic E-state index is 0.103. The molecule has 0 aliphatic rings. The van der Waals surface area contributed by atoms with Gasteiger partial charge in [0.05, 0.1) is 5.69 Å². The fraction of sp³-hybridized carbons (Fsp3) is 0.333. The molecule has 10 heteroatoms. The van der Waals surface area contributed by atoms with Gasteiger partial charge in [-0.1, -0.05) is 31.9 Å². The minimum Gasteiger partial charge on any atom is -0.341 e. The Labute approximate surface area is 177 Å². The van der Waals surface area contributed by atoms with Crippen molar-refractivity contribution in [3.8, 4) is 0 Å². The number of nitrogens with zero attached hydrogens (tertiary/aromatic N) is 5. The smallest absolute Gasteiger partial charge is 0.253 e. The molecular weight excluding hydrogens is 500 g/mol. The molecular formula is C18H17Br2F2N5O. The van der Waals surface area contributed by atoms with Crippen LogP contribution in [0.5, 0.6) is 0 Å². The Bertz CT molecular complexity index is 991. The van der Waals surface area contributed by atoms with E-state index in [2.05, 4.69) is 46.9 Å². The van der Waals surface area contributed by atoms with E-state index in [1.807, 2.05) is 6.07 Å². The Morgan fingerprint density at radius 2 is 1.89 bits per heavy atom. The molecule has 0 saturated carbocycles. The van der Waals surface area contributed by atoms with Crippen LogP contribution in [0, 0.1) is 6.92 Å². The van der Waals surface area contributed by atoms with Gasteiger partial charge in [0.25, 0.3) is 11.7 Å². The maximum Gasteiger partial charge on any atom is 0.253 e. The second-order valence-electron chi connectivity index (χ2n) is 6.46. The van der Waals surface area contributed by atoms with Crippen molar-refractivity contribution >= 4 is 43.5 Å². The molecule has 1 unspecified atom stereocenters. The van der Waals surface area contributed by atoms with E-state index in [0.717, 1.165) is 8.95 Å². The van der Waals surface area contributed by atoms with E-state index in [1.165, 1.54) is 15.7 Å². The summed E-state index contributed by atoms with van der Waals surface area (Å²) in [7, 11) is 1.60. The molecule has 0 N–H and O–H groups in total. The predicted octanol–water partition coefficient (Wildman–Crippen LogP) is 4.47. The Kier molecular flexibility index (Phi) is 6.39. The first-order chi connectivity index (χ1) is 13.2. The van der Waals surface area contributed by atoms with Crippen molar-refractivity contribution in [1.82, 2.24) is 24.5 Å². The number of fused-ring (bicyclic) bond motifs is 1. The molecule has 0 aliphatic heterocycles. The Hall–Kier alpha value is -1.94. The van der Waals surface area contributed by atoms with Gasteiger partial charge in [-0.05, 0) is 31.2 Å². The second-order valence-corrected chi connectivity index (χ2v) is 8.29. The highest BCUT2D eigenvalue weighted by Gasteiger charge is 2.25. The van der Waals surface area contributed by atoms with E-state index in [0.29, 0.717) is 22.7 Å². The van der Waals surface area contributed by atoms with Gasteiger partial charge in [0.15, 0.2) is 0 Å². The van der Waals surface area contributed by atoms with Gasteiger partial charge < -0.3 is 4.90 Å². The van der Waals surface area contributed by atoms with Gasteiger partial charge in [-0.25, -0.2) is 18.3 Å². The van der Waals surface area contributed by atoms with Crippen molar-refractivity contribution in [2.45, 2.75) is 25.7 Å². The molecule has 6 nitrogen and oxygen atoms in total. The lowest BCUT2D eigenvalue weighted by Crippen LogP contribution is -2.32. The summed E-state index contributed by atoms with van der Waals surface area (Å²) in [5, 5.41) is 4.10. The van der Waals surface area contributed by atoms with E-state index < -0.39 is 18.8 Å². The van der Waals surface area contributed by atoms with E-state index >= 15 is 0 Å². The van der Waals surface area contributed by atoms with Crippen LogP contribution in [0.3, 0.4) is 0 Å². The van der Waals surface area contributed by atoms with Crippen molar-refractivity contribution in [2.24, 2.45) is 0 Å². The quantitative estimate of drug-likeness (QED) is 0.485. The van der Waals surface area contributed by atoms with Gasteiger partial charge in [0.1, 0.15) is 6.33 Å². The van der Waals surface area contributed by atoms with E-state index in [-0.39, 0.29) is 12.5 Å². The van der Waals surface area contributed by atoms with Crippen LogP contribution < -0.4 is 0 Å². The normalized spacial score (nSPS) is 12.5. The summed E-state index contributed by atoms with van der Waals surface area (Å²) >= 11 is 6.71. The van der Waals surface area contributed by atoms with Gasteiger partial charge in [-0.15, -0.1) is 0 Å². The number of carbonyl (C=O) groups excluding carboxylic acids is 1. The molecule has 0 aliphatic carbocycles. The molecule has 0 spiro atoms. The number of amides is 1. The summed E-state index contributed by atoms with van der Waals surface area (Å²) in [6.45, 7) is 1.87. The number of benzene rings is 1. The lowest BCUT2D eigenvalue weighted by molar-refractivity contribution is 0.0752. The standard InChI is InChI=1S/C18H17Br2F2N5O/c1-10-3-15(27-18(25-10)23-9-24-27)12(6-16(21)22)8-26(2)17(28)11-4-13(19)7-14(20)5-11/h3-5,7,9,12,16H,6,8H2,1-2H3. The number of aryl methyl sites for hydroxylation is 1. The van der Waals surface area contributed by atoms with Gasteiger partial charge in [0, 0.05) is 46.1 Å². The van der Waals surface area contributed by atoms with Gasteiger partial charge in [0.2, 0.25) is 6.43 Å². The molecule has 1 atom stereocenters. The van der Waals surface area contributed by atoms with Crippen LogP contribution in [0.15, 0.2) is 39.5 Å². The molecule has 0 radical (unpaired) electrons. The van der Waals surface area contributed by atoms with Crippen molar-refractivity contribution in [2.75, 3.05) is 13.6 Å². The largest absolute Gasteiger partial charge is 0.341 e. The first-order valence-corrected chi connectivity index (χ1v) is 10.00. The highest BCUT2D eigenvalue weighted by atomic mass is 79.9. The third-order valence-electron chi connectivity index (χ3n) is 4.24. The molecule has 1 aromatic carbocycles. The Balaban J connectivity index is 1.92. The lowest BCUT2D eigenvalue weighted by atomic mass is 9.99. The average Bonchev–Trinajstić information content (AvgIpc) is 3.06. The van der Waals surface area contributed by atoms with E-state index in [4.69, 9.17) is 0 Å². The zero-order valence-corrected chi connectivity index (χ0v) is 18.3. The lowest BCUT2D eigenvalue weighted by Gasteiger charge is -2.25. The highest BCUT2D eigenvalue weighted by molar-refractivity contribution is 9.11. The molecule has 0 bridgehead atoms. The first kappa shape index (κ1) is 20.8. The number of aromatic nitrogens is 4. The van der Waals surface area contributed by atoms with Crippen LogP contribution in [0.4, 0.5) is 8.78 Å². The number of likely N-dealkylation sites (N-methyl/N-ethyl adjacent to an activating group) is 1. The van der Waals surface area contributed by atoms with Crippen LogP contribution >= 0.6 is 31.9 Å². The summed E-state index contributed by atoms with van der Waals surface area (Å²) in [5.74, 6) is -0.545. The van der Waals surface area contributed by atoms with Crippen LogP contribution in [0.25, 0.3) is 5.78 Å². The monoisotopic (exact) mass is 515 g/mol. The van der Waals surface area contributed by atoms with E-state index in [1.54, 1.807) is 32.2 Å². The maximum atomic E-state index is 13.3. The Morgan fingerprint density at radius 1 is 1.21 bits per heavy atom. The zero-order chi connectivity index (χ0) is 20.4. The van der Waals surface area contributed by atoms with Gasteiger partial charge in [-0.3, -0.25) is 4.79 Å². The van der Waals surface area contributed by atoms with Crippen molar-refractivity contribution in [1.29, 1.82) is 0 Å². The Morgan fingerprint density at radius 3 is 2.54 bits per heavy atom. The second kappa shape index (κ2) is 8.60. The van der Waals surface area contributed by atoms with Crippen LogP contribution in [0.2, 0.25) is 0 Å². The SMILES string of the molecule is Cc1cc(C(CC(F)F)CN(C)C(=O)c2cc(Br)cc(Br)c2)n2ncnc2n1. The van der Waals surface area contributed by atoms with Gasteiger partial charge in [-0.2, -0.15) is 10.1 Å². The maximum absolute atomic E-state index is 13.3. The molecule has 0 saturated heterocycles. The number of hydrogen-bond acceptors (Lipinski definition) is 4. The molecule has 2 heterocycles. The molecule has 3 aromatic rings. The van der Waals surface area contributed by atoms with Crippen molar-refractivity contribution in [3.63, 3.8) is 0 Å². The predicted molar refractivity (Wildman–Crippen MR) is 108 cm³/mol. The summed E-state index contributed by atoms with van der Waals surface area (Å²) in [6.07, 6.45) is -1.60. The molecule has 28 heavy (non-hydrogen) atoms. The third kappa shape index (κ3) is 4.72. The molecule has 0 fully saturated rings. The van der Waals surface area contributed by atoms with Crippen molar-refractivity contribution in [3.05, 3.63) is 56.5 Å². The van der Waals surface area contributed by atoms with Crippen molar-refractivity contribution < 1.29 is 13.6 Å². The molecule has 3 rings (SSSR count). The number of halogens is 4. The van der Waals surface area contributed by atoms with Crippen LogP contribution in [-0.4, -0.2) is 50.4 Å². The summed E-state index contributed by atoms with van der Waals surface area (Å²) in [5.41, 5.74) is 1.66. The number of carbonyl (C=O) groups is 1. The average molecular weight is 517 g/mol. The highest BCUT2D eigenvalue weighted by Crippen LogP contribution is 2.26. The van der Waals surface area contributed by atoms with E-state index in [9.17, 15) is 13.6 Å². The summed E-state index contributed by atoms with van der Waals surface area (Å²) in [4.78, 5) is 22.6. The number of hydrogen-bond donors (Lipinski definition) is 0. The van der Waals surface area contributed by atoms with Gasteiger partial charge >= 0.3 is 0 Å². The summed E-state index contributed by atoms with van der Waals surface area (Å²) in [6, 6.07) is 6.91. The molecule has 2 aromatic heterocycles. The first-order valence-electron chi connectivity index (χ1n) is 8.41. The zero-order valence-electron chi connectivity index (χ0n) is 15.1. The number of rotatable bonds is 6. The number of alkyl halides is 2. The molecule has 1 amide bonds. The third-order valence-corrected chi connectivity index (χ3v) is 5.15. The van der Waals surface area contributed by atoms with Crippen LogP contribution in [0.1, 0.15) is 34.1 Å². The topological polar surface area (TPSA) is 63.4 Å².